The van der Waals surface area contributed by atoms with Gasteiger partial charge in [0.25, 0.3) is 0 Å². The smallest absolute Gasteiger partial charge is 0.410 e. The van der Waals surface area contributed by atoms with Crippen molar-refractivity contribution in [3.05, 3.63) is 28.8 Å². The standard InChI is InChI=1S/C18H27ClN2O3/c1-11(2)14-10-23-15(12-7-6-8-13(19)16(12)20)9-21(14)17(22)24-18(3,4)5/h6-8,11,14-15H,9-10,20H2,1-5H3/t14-,15+/m1/s1. The predicted octanol–water partition coefficient (Wildman–Crippen LogP) is 4.26. The van der Waals surface area contributed by atoms with Gasteiger partial charge in [0.2, 0.25) is 0 Å². The molecule has 1 saturated heterocycles. The number of morpholine rings is 1. The monoisotopic (exact) mass is 354 g/mol. The highest BCUT2D eigenvalue weighted by molar-refractivity contribution is 6.33. The summed E-state index contributed by atoms with van der Waals surface area (Å²) < 4.78 is 11.6. The molecule has 1 aromatic rings. The lowest BCUT2D eigenvalue weighted by Gasteiger charge is -2.42. The van der Waals surface area contributed by atoms with Crippen molar-refractivity contribution in [2.75, 3.05) is 18.9 Å². The Kier molecular flexibility index (Phi) is 5.66. The maximum atomic E-state index is 12.6. The summed E-state index contributed by atoms with van der Waals surface area (Å²) in [6, 6.07) is 5.43. The Morgan fingerprint density at radius 1 is 1.42 bits per heavy atom. The Morgan fingerprint density at radius 2 is 2.08 bits per heavy atom. The third-order valence-corrected chi connectivity index (χ3v) is 4.39. The third kappa shape index (κ3) is 4.33. The molecule has 0 bridgehead atoms. The predicted molar refractivity (Wildman–Crippen MR) is 96.1 cm³/mol. The summed E-state index contributed by atoms with van der Waals surface area (Å²) in [5.74, 6) is 0.259. The number of hydrogen-bond acceptors (Lipinski definition) is 4. The molecule has 0 radical (unpaired) electrons. The summed E-state index contributed by atoms with van der Waals surface area (Å²) in [5, 5.41) is 0.492. The molecule has 24 heavy (non-hydrogen) atoms. The van der Waals surface area contributed by atoms with Gasteiger partial charge < -0.3 is 15.2 Å². The molecule has 0 unspecified atom stereocenters. The molecule has 1 aliphatic rings. The van der Waals surface area contributed by atoms with Crippen molar-refractivity contribution in [2.24, 2.45) is 5.92 Å². The maximum absolute atomic E-state index is 12.6. The second-order valence-electron chi connectivity index (χ2n) is 7.51. The number of anilines is 1. The Morgan fingerprint density at radius 3 is 2.67 bits per heavy atom. The molecule has 1 aromatic carbocycles. The number of nitrogens with zero attached hydrogens (tertiary/aromatic N) is 1. The molecule has 5 nitrogen and oxygen atoms in total. The number of ether oxygens (including phenoxy) is 2. The molecule has 134 valence electrons. The van der Waals surface area contributed by atoms with Crippen molar-refractivity contribution in [1.29, 1.82) is 0 Å². The van der Waals surface area contributed by atoms with Gasteiger partial charge in [0.05, 0.1) is 29.9 Å². The van der Waals surface area contributed by atoms with E-state index in [0.29, 0.717) is 23.9 Å². The van der Waals surface area contributed by atoms with Crippen LogP contribution in [0, 0.1) is 5.92 Å². The largest absolute Gasteiger partial charge is 0.444 e. The number of amides is 1. The van der Waals surface area contributed by atoms with Crippen molar-refractivity contribution < 1.29 is 14.3 Å². The van der Waals surface area contributed by atoms with Gasteiger partial charge in [-0.1, -0.05) is 37.6 Å². The molecular formula is C18H27ClN2O3. The number of nitrogen functional groups attached to an aromatic ring is 1. The molecule has 0 saturated carbocycles. The van der Waals surface area contributed by atoms with E-state index in [-0.39, 0.29) is 24.2 Å². The average Bonchev–Trinajstić information content (AvgIpc) is 2.47. The molecular weight excluding hydrogens is 328 g/mol. The molecule has 6 heteroatoms. The number of nitrogens with two attached hydrogens (primary N) is 1. The molecule has 0 aromatic heterocycles. The van der Waals surface area contributed by atoms with Gasteiger partial charge in [0, 0.05) is 5.56 Å². The van der Waals surface area contributed by atoms with E-state index in [2.05, 4.69) is 13.8 Å². The van der Waals surface area contributed by atoms with E-state index in [9.17, 15) is 4.79 Å². The van der Waals surface area contributed by atoms with Gasteiger partial charge in [-0.3, -0.25) is 4.90 Å². The number of hydrogen-bond donors (Lipinski definition) is 1. The summed E-state index contributed by atoms with van der Waals surface area (Å²) in [6.45, 7) is 10.6. The summed E-state index contributed by atoms with van der Waals surface area (Å²) >= 11 is 6.11. The fraction of sp³-hybridized carbons (Fsp3) is 0.611. The van der Waals surface area contributed by atoms with Gasteiger partial charge in [-0.15, -0.1) is 0 Å². The molecule has 1 heterocycles. The van der Waals surface area contributed by atoms with Gasteiger partial charge in [-0.25, -0.2) is 4.79 Å². The second-order valence-corrected chi connectivity index (χ2v) is 7.92. The molecule has 2 atom stereocenters. The van der Waals surface area contributed by atoms with Crippen LogP contribution in [0.1, 0.15) is 46.3 Å². The number of carbonyl (C=O) groups excluding carboxylic acids is 1. The van der Waals surface area contributed by atoms with Gasteiger partial charge >= 0.3 is 6.09 Å². The van der Waals surface area contributed by atoms with E-state index in [0.717, 1.165) is 5.56 Å². The summed E-state index contributed by atoms with van der Waals surface area (Å²) in [6.07, 6.45) is -0.638. The SMILES string of the molecule is CC(C)[C@H]1CO[C@H](c2cccc(Cl)c2N)CN1C(=O)OC(C)(C)C. The van der Waals surface area contributed by atoms with E-state index in [1.54, 1.807) is 11.0 Å². The first-order valence-corrected chi connectivity index (χ1v) is 8.63. The van der Waals surface area contributed by atoms with E-state index in [1.807, 2.05) is 32.9 Å². The van der Waals surface area contributed by atoms with E-state index in [4.69, 9.17) is 26.8 Å². The zero-order valence-corrected chi connectivity index (χ0v) is 15.8. The van der Waals surface area contributed by atoms with Crippen LogP contribution in [0.15, 0.2) is 18.2 Å². The third-order valence-electron chi connectivity index (χ3n) is 4.06. The first-order valence-electron chi connectivity index (χ1n) is 8.25. The van der Waals surface area contributed by atoms with Crippen LogP contribution in [0.25, 0.3) is 0 Å². The minimum atomic E-state index is -0.540. The van der Waals surface area contributed by atoms with Crippen LogP contribution >= 0.6 is 11.6 Å². The zero-order valence-electron chi connectivity index (χ0n) is 15.0. The topological polar surface area (TPSA) is 64.8 Å². The number of carbonyl (C=O) groups is 1. The molecule has 2 rings (SSSR count). The van der Waals surface area contributed by atoms with Gasteiger partial charge in [-0.2, -0.15) is 0 Å². The van der Waals surface area contributed by atoms with Crippen LogP contribution in [0.5, 0.6) is 0 Å². The maximum Gasteiger partial charge on any atom is 0.410 e. The number of halogens is 1. The lowest BCUT2D eigenvalue weighted by molar-refractivity contribution is -0.0812. The Bertz CT molecular complexity index is 598. The quantitative estimate of drug-likeness (QED) is 0.806. The minimum Gasteiger partial charge on any atom is -0.444 e. The Labute approximate surface area is 149 Å². The van der Waals surface area contributed by atoms with Crippen molar-refractivity contribution >= 4 is 23.4 Å². The molecule has 1 amide bonds. The first kappa shape index (κ1) is 18.9. The van der Waals surface area contributed by atoms with Crippen molar-refractivity contribution in [1.82, 2.24) is 4.90 Å². The lowest BCUT2D eigenvalue weighted by atomic mass is 9.98. The number of benzene rings is 1. The minimum absolute atomic E-state index is 0.0310. The Hall–Kier alpha value is -1.46. The molecule has 1 fully saturated rings. The second kappa shape index (κ2) is 7.19. The van der Waals surface area contributed by atoms with Crippen LogP contribution in [0.3, 0.4) is 0 Å². The fourth-order valence-corrected chi connectivity index (χ4v) is 2.96. The summed E-state index contributed by atoms with van der Waals surface area (Å²) in [4.78, 5) is 14.4. The lowest BCUT2D eigenvalue weighted by Crippen LogP contribution is -2.53. The Balaban J connectivity index is 2.25. The van der Waals surface area contributed by atoms with Crippen molar-refractivity contribution in [3.63, 3.8) is 0 Å². The highest BCUT2D eigenvalue weighted by atomic mass is 35.5. The number of para-hydroxylation sites is 1. The summed E-state index contributed by atoms with van der Waals surface area (Å²) in [5.41, 5.74) is 6.84. The van der Waals surface area contributed by atoms with E-state index >= 15 is 0 Å². The van der Waals surface area contributed by atoms with Crippen LogP contribution in [0.2, 0.25) is 5.02 Å². The van der Waals surface area contributed by atoms with Crippen LogP contribution in [0.4, 0.5) is 10.5 Å². The highest BCUT2D eigenvalue weighted by Crippen LogP contribution is 2.34. The van der Waals surface area contributed by atoms with Crippen LogP contribution in [-0.4, -0.2) is 35.8 Å². The molecule has 1 aliphatic heterocycles. The normalized spacial score (nSPS) is 21.9. The molecule has 0 aliphatic carbocycles. The first-order chi connectivity index (χ1) is 11.1. The van der Waals surface area contributed by atoms with E-state index in [1.165, 1.54) is 0 Å². The fourth-order valence-electron chi connectivity index (χ4n) is 2.78. The average molecular weight is 355 g/mol. The number of rotatable bonds is 2. The van der Waals surface area contributed by atoms with E-state index < -0.39 is 5.60 Å². The zero-order chi connectivity index (χ0) is 18.1. The van der Waals surface area contributed by atoms with Gasteiger partial charge in [0.1, 0.15) is 11.7 Å². The van der Waals surface area contributed by atoms with Crippen molar-refractivity contribution in [2.45, 2.75) is 52.4 Å². The molecule has 2 N–H and O–H groups in total. The summed E-state index contributed by atoms with van der Waals surface area (Å²) in [7, 11) is 0. The van der Waals surface area contributed by atoms with Crippen molar-refractivity contribution in [3.8, 4) is 0 Å². The van der Waals surface area contributed by atoms with Gasteiger partial charge in [-0.05, 0) is 32.8 Å². The van der Waals surface area contributed by atoms with Gasteiger partial charge in [0.15, 0.2) is 0 Å². The molecule has 0 spiro atoms. The highest BCUT2D eigenvalue weighted by Gasteiger charge is 2.37. The van der Waals surface area contributed by atoms with Crippen LogP contribution in [-0.2, 0) is 9.47 Å². The van der Waals surface area contributed by atoms with Crippen LogP contribution < -0.4 is 5.73 Å².